The molecule has 1 aromatic heterocycles. The number of benzene rings is 1. The van der Waals surface area contributed by atoms with Gasteiger partial charge in [0.05, 0.1) is 5.69 Å². The third-order valence-corrected chi connectivity index (χ3v) is 3.58. The normalized spacial score (nSPS) is 10.5. The van der Waals surface area contributed by atoms with E-state index >= 15 is 0 Å². The van der Waals surface area contributed by atoms with E-state index in [1.807, 2.05) is 18.2 Å². The molecule has 0 atom stereocenters. The van der Waals surface area contributed by atoms with E-state index in [4.69, 9.17) is 0 Å². The van der Waals surface area contributed by atoms with E-state index in [1.54, 1.807) is 4.80 Å². The Morgan fingerprint density at radius 1 is 1.09 bits per heavy atom. The molecule has 0 radical (unpaired) electrons. The first-order chi connectivity index (χ1) is 10.7. The van der Waals surface area contributed by atoms with Gasteiger partial charge in [-0.05, 0) is 30.9 Å². The Kier molecular flexibility index (Phi) is 5.54. The van der Waals surface area contributed by atoms with Crippen molar-refractivity contribution in [2.45, 2.75) is 40.0 Å². The second-order valence-corrected chi connectivity index (χ2v) is 5.24. The quantitative estimate of drug-likeness (QED) is 0.786. The molecule has 1 aromatic carbocycles. The molecule has 22 heavy (non-hydrogen) atoms. The minimum atomic E-state index is 0.396. The Morgan fingerprint density at radius 2 is 1.77 bits per heavy atom. The van der Waals surface area contributed by atoms with Crippen molar-refractivity contribution in [3.05, 3.63) is 35.5 Å². The van der Waals surface area contributed by atoms with E-state index in [9.17, 15) is 5.26 Å². The summed E-state index contributed by atoms with van der Waals surface area (Å²) in [5.74, 6) is 0.692. The number of rotatable bonds is 7. The van der Waals surface area contributed by atoms with Gasteiger partial charge in [-0.15, -0.1) is 15.0 Å². The van der Waals surface area contributed by atoms with Crippen molar-refractivity contribution in [3.63, 3.8) is 0 Å². The zero-order valence-corrected chi connectivity index (χ0v) is 13.6. The zero-order chi connectivity index (χ0) is 15.9. The average Bonchev–Trinajstić information content (AvgIpc) is 2.98. The summed E-state index contributed by atoms with van der Waals surface area (Å²) in [5, 5.41) is 18.4. The van der Waals surface area contributed by atoms with Crippen LogP contribution in [0.4, 0.5) is 5.82 Å². The molecule has 0 saturated carbocycles. The average molecular weight is 297 g/mol. The first-order valence-corrected chi connectivity index (χ1v) is 7.95. The number of anilines is 1. The van der Waals surface area contributed by atoms with E-state index in [1.165, 1.54) is 5.56 Å². The molecule has 5 heteroatoms. The smallest absolute Gasteiger partial charge is 0.207 e. The predicted octanol–water partition coefficient (Wildman–Crippen LogP) is 3.33. The van der Waals surface area contributed by atoms with Crippen LogP contribution in [0.5, 0.6) is 0 Å². The van der Waals surface area contributed by atoms with Crippen molar-refractivity contribution < 1.29 is 0 Å². The Balaban J connectivity index is 2.46. The summed E-state index contributed by atoms with van der Waals surface area (Å²) in [4.78, 5) is 3.75. The fraction of sp³-hybridized carbons (Fsp3) is 0.471. The fourth-order valence-electron chi connectivity index (χ4n) is 2.56. The molecule has 0 unspecified atom stereocenters. The fourth-order valence-corrected chi connectivity index (χ4v) is 2.56. The third kappa shape index (κ3) is 3.28. The molecule has 2 aromatic rings. The molecule has 2 rings (SSSR count). The summed E-state index contributed by atoms with van der Waals surface area (Å²) in [6.07, 6.45) is 2.94. The highest BCUT2D eigenvalue weighted by molar-refractivity contribution is 5.51. The Labute approximate surface area is 132 Å². The minimum Gasteiger partial charge on any atom is -0.353 e. The molecule has 0 bridgehead atoms. The highest BCUT2D eigenvalue weighted by atomic mass is 15.5. The maximum Gasteiger partial charge on any atom is 0.207 e. The van der Waals surface area contributed by atoms with Gasteiger partial charge >= 0.3 is 0 Å². The van der Waals surface area contributed by atoms with E-state index in [0.717, 1.165) is 38.0 Å². The van der Waals surface area contributed by atoms with Crippen LogP contribution in [0.2, 0.25) is 0 Å². The largest absolute Gasteiger partial charge is 0.353 e. The van der Waals surface area contributed by atoms with Crippen LogP contribution in [0.1, 0.15) is 44.9 Å². The second kappa shape index (κ2) is 7.60. The van der Waals surface area contributed by atoms with Crippen LogP contribution in [0.15, 0.2) is 24.3 Å². The third-order valence-electron chi connectivity index (χ3n) is 3.58. The van der Waals surface area contributed by atoms with Gasteiger partial charge in [-0.1, -0.05) is 39.0 Å². The van der Waals surface area contributed by atoms with Gasteiger partial charge in [-0.2, -0.15) is 5.26 Å². The number of hydrogen-bond acceptors (Lipinski definition) is 4. The summed E-state index contributed by atoms with van der Waals surface area (Å²) < 4.78 is 0. The van der Waals surface area contributed by atoms with Gasteiger partial charge < -0.3 is 4.90 Å². The molecule has 0 saturated heterocycles. The summed E-state index contributed by atoms with van der Waals surface area (Å²) in [5.41, 5.74) is 2.51. The SMILES string of the molecule is CCCN(CCC)c1nn(-c2ccccc2CC)nc1C#N. The van der Waals surface area contributed by atoms with Crippen molar-refractivity contribution >= 4 is 5.82 Å². The lowest BCUT2D eigenvalue weighted by Crippen LogP contribution is -2.26. The summed E-state index contributed by atoms with van der Waals surface area (Å²) >= 11 is 0. The standard InChI is InChI=1S/C17H23N5/c1-4-11-21(12-5-2)17-15(13-18)19-22(20-17)16-10-8-7-9-14(16)6-3/h7-10H,4-6,11-12H2,1-3H3. The monoisotopic (exact) mass is 297 g/mol. The lowest BCUT2D eigenvalue weighted by Gasteiger charge is -2.20. The van der Waals surface area contributed by atoms with E-state index in [-0.39, 0.29) is 0 Å². The van der Waals surface area contributed by atoms with Crippen LogP contribution in [-0.4, -0.2) is 28.1 Å². The van der Waals surface area contributed by atoms with Gasteiger partial charge in [0, 0.05) is 13.1 Å². The Morgan fingerprint density at radius 3 is 2.36 bits per heavy atom. The van der Waals surface area contributed by atoms with Crippen LogP contribution >= 0.6 is 0 Å². The second-order valence-electron chi connectivity index (χ2n) is 5.24. The van der Waals surface area contributed by atoms with E-state index in [0.29, 0.717) is 11.5 Å². The van der Waals surface area contributed by atoms with Gasteiger partial charge in [0.15, 0.2) is 5.82 Å². The molecular formula is C17H23N5. The summed E-state index contributed by atoms with van der Waals surface area (Å²) in [7, 11) is 0. The van der Waals surface area contributed by atoms with Gasteiger partial charge in [-0.25, -0.2) is 0 Å². The molecule has 0 aliphatic carbocycles. The number of aromatic nitrogens is 3. The minimum absolute atomic E-state index is 0.396. The number of nitrogens with zero attached hydrogens (tertiary/aromatic N) is 5. The molecule has 0 aliphatic rings. The topological polar surface area (TPSA) is 57.7 Å². The van der Waals surface area contributed by atoms with Crippen LogP contribution in [-0.2, 0) is 6.42 Å². The van der Waals surface area contributed by atoms with Gasteiger partial charge in [-0.3, -0.25) is 0 Å². The maximum atomic E-state index is 9.40. The summed E-state index contributed by atoms with van der Waals surface area (Å²) in [6.45, 7) is 8.14. The number of hydrogen-bond donors (Lipinski definition) is 0. The Bertz CT molecular complexity index is 647. The molecule has 0 spiro atoms. The Hall–Kier alpha value is -2.35. The lowest BCUT2D eigenvalue weighted by atomic mass is 10.1. The zero-order valence-electron chi connectivity index (χ0n) is 13.6. The molecule has 1 heterocycles. The number of aryl methyl sites for hydroxylation is 1. The highest BCUT2D eigenvalue weighted by Crippen LogP contribution is 2.20. The van der Waals surface area contributed by atoms with Crippen LogP contribution in [0.3, 0.4) is 0 Å². The van der Waals surface area contributed by atoms with E-state index in [2.05, 4.69) is 48.0 Å². The highest BCUT2D eigenvalue weighted by Gasteiger charge is 2.18. The first kappa shape index (κ1) is 16.0. The molecule has 0 aliphatic heterocycles. The predicted molar refractivity (Wildman–Crippen MR) is 88.2 cm³/mol. The first-order valence-electron chi connectivity index (χ1n) is 7.95. The molecule has 0 N–H and O–H groups in total. The molecular weight excluding hydrogens is 274 g/mol. The number of para-hydroxylation sites is 1. The molecule has 0 fully saturated rings. The molecule has 0 amide bonds. The van der Waals surface area contributed by atoms with Gasteiger partial charge in [0.1, 0.15) is 6.07 Å². The van der Waals surface area contributed by atoms with Crippen molar-refractivity contribution in [2.24, 2.45) is 0 Å². The maximum absolute atomic E-state index is 9.40. The van der Waals surface area contributed by atoms with Crippen LogP contribution in [0.25, 0.3) is 5.69 Å². The van der Waals surface area contributed by atoms with Crippen LogP contribution < -0.4 is 4.90 Å². The molecule has 116 valence electrons. The van der Waals surface area contributed by atoms with Crippen molar-refractivity contribution in [1.29, 1.82) is 5.26 Å². The summed E-state index contributed by atoms with van der Waals surface area (Å²) in [6, 6.07) is 10.2. The van der Waals surface area contributed by atoms with Gasteiger partial charge in [0.25, 0.3) is 0 Å². The van der Waals surface area contributed by atoms with Crippen molar-refractivity contribution in [2.75, 3.05) is 18.0 Å². The van der Waals surface area contributed by atoms with Crippen molar-refractivity contribution in [1.82, 2.24) is 15.0 Å². The van der Waals surface area contributed by atoms with E-state index < -0.39 is 0 Å². The molecule has 5 nitrogen and oxygen atoms in total. The van der Waals surface area contributed by atoms with Crippen LogP contribution in [0, 0.1) is 11.3 Å². The number of nitriles is 1. The van der Waals surface area contributed by atoms with Crippen molar-refractivity contribution in [3.8, 4) is 11.8 Å². The lowest BCUT2D eigenvalue weighted by molar-refractivity contribution is 0.705. The van der Waals surface area contributed by atoms with Gasteiger partial charge in [0.2, 0.25) is 5.69 Å².